The number of rotatable bonds is 2. The molecule has 0 fully saturated rings. The molecule has 0 aliphatic heterocycles. The Morgan fingerprint density at radius 1 is 1.14 bits per heavy atom. The fourth-order valence-electron chi connectivity index (χ4n) is 2.13. The van der Waals surface area contributed by atoms with E-state index in [9.17, 15) is 9.59 Å². The minimum Gasteiger partial charge on any atom is -0.304 e. The van der Waals surface area contributed by atoms with E-state index in [1.165, 1.54) is 4.68 Å². The van der Waals surface area contributed by atoms with E-state index >= 15 is 0 Å². The monoisotopic (exact) mass is 283 g/mol. The van der Waals surface area contributed by atoms with Crippen molar-refractivity contribution in [3.8, 4) is 0 Å². The van der Waals surface area contributed by atoms with Crippen LogP contribution >= 0.6 is 0 Å². The Hall–Kier alpha value is -2.96. The number of carbonyl (C=O) groups is 1. The molecule has 7 heteroatoms. The van der Waals surface area contributed by atoms with Crippen LogP contribution in [-0.2, 0) is 14.1 Å². The molecule has 2 aromatic heterocycles. The number of benzene rings is 1. The zero-order chi connectivity index (χ0) is 15.0. The Balaban J connectivity index is 2.06. The quantitative estimate of drug-likeness (QED) is 0.758. The van der Waals surface area contributed by atoms with Crippen molar-refractivity contribution >= 4 is 22.6 Å². The molecule has 0 spiro atoms. The molecular formula is C14H13N5O2. The average Bonchev–Trinajstić information content (AvgIpc) is 2.88. The first-order valence-electron chi connectivity index (χ1n) is 6.33. The summed E-state index contributed by atoms with van der Waals surface area (Å²) in [5.74, 6) is -0.195. The maximum Gasteiger partial charge on any atom is 0.281 e. The van der Waals surface area contributed by atoms with Gasteiger partial charge in [-0.15, -0.1) is 0 Å². The highest BCUT2D eigenvalue weighted by molar-refractivity contribution is 6.03. The van der Waals surface area contributed by atoms with E-state index in [1.54, 1.807) is 49.2 Å². The van der Waals surface area contributed by atoms with Crippen molar-refractivity contribution in [2.45, 2.75) is 0 Å². The first-order valence-corrected chi connectivity index (χ1v) is 6.33. The molecule has 0 saturated carbocycles. The first kappa shape index (κ1) is 13.0. The van der Waals surface area contributed by atoms with Gasteiger partial charge in [0.1, 0.15) is 0 Å². The fourth-order valence-corrected chi connectivity index (χ4v) is 2.13. The Bertz CT molecular complexity index is 894. The van der Waals surface area contributed by atoms with Crippen LogP contribution in [0.3, 0.4) is 0 Å². The van der Waals surface area contributed by atoms with E-state index in [0.717, 1.165) is 0 Å². The summed E-state index contributed by atoms with van der Waals surface area (Å²) in [6.45, 7) is 0. The van der Waals surface area contributed by atoms with Crippen molar-refractivity contribution < 1.29 is 4.79 Å². The van der Waals surface area contributed by atoms with Crippen LogP contribution in [0.15, 0.2) is 41.3 Å². The first-order chi connectivity index (χ1) is 10.1. The summed E-state index contributed by atoms with van der Waals surface area (Å²) in [7, 11) is 3.43. The van der Waals surface area contributed by atoms with Crippen LogP contribution in [0.4, 0.5) is 5.82 Å². The van der Waals surface area contributed by atoms with E-state index in [2.05, 4.69) is 15.5 Å². The fraction of sp³-hybridized carbons (Fsp3) is 0.143. The SMILES string of the molecule is Cn1ccc(NC(=O)c2nn(C)c3ccccc3c2=O)n1. The van der Waals surface area contributed by atoms with E-state index in [1.807, 2.05) is 6.07 Å². The highest BCUT2D eigenvalue weighted by atomic mass is 16.2. The van der Waals surface area contributed by atoms with Crippen LogP contribution in [0, 0.1) is 0 Å². The molecule has 0 aliphatic rings. The van der Waals surface area contributed by atoms with Crippen LogP contribution in [0.5, 0.6) is 0 Å². The van der Waals surface area contributed by atoms with Crippen LogP contribution in [0.25, 0.3) is 10.9 Å². The van der Waals surface area contributed by atoms with Crippen molar-refractivity contribution in [1.82, 2.24) is 19.6 Å². The number of hydrogen-bond donors (Lipinski definition) is 1. The van der Waals surface area contributed by atoms with Gasteiger partial charge < -0.3 is 5.32 Å². The molecule has 3 aromatic rings. The van der Waals surface area contributed by atoms with Gasteiger partial charge in [0.25, 0.3) is 5.91 Å². The Labute approximate surface area is 119 Å². The number of amides is 1. The predicted octanol–water partition coefficient (Wildman–Crippen LogP) is 0.919. The summed E-state index contributed by atoms with van der Waals surface area (Å²) in [4.78, 5) is 24.6. The molecule has 106 valence electrons. The lowest BCUT2D eigenvalue weighted by atomic mass is 10.2. The molecule has 2 heterocycles. The normalized spacial score (nSPS) is 10.8. The van der Waals surface area contributed by atoms with Crippen LogP contribution in [-0.4, -0.2) is 25.5 Å². The van der Waals surface area contributed by atoms with E-state index in [0.29, 0.717) is 16.7 Å². The number of hydrogen-bond acceptors (Lipinski definition) is 4. The summed E-state index contributed by atoms with van der Waals surface area (Å²) < 4.78 is 3.08. The van der Waals surface area contributed by atoms with Crippen LogP contribution in [0.2, 0.25) is 0 Å². The Morgan fingerprint density at radius 3 is 2.62 bits per heavy atom. The molecular weight excluding hydrogens is 270 g/mol. The third kappa shape index (κ3) is 2.29. The molecule has 7 nitrogen and oxygen atoms in total. The Kier molecular flexibility index (Phi) is 3.02. The number of aromatic nitrogens is 4. The van der Waals surface area contributed by atoms with Gasteiger partial charge in [-0.3, -0.25) is 19.0 Å². The summed E-state index contributed by atoms with van der Waals surface area (Å²) in [5.41, 5.74) is 0.135. The lowest BCUT2D eigenvalue weighted by molar-refractivity contribution is 0.101. The summed E-state index contributed by atoms with van der Waals surface area (Å²) in [5, 5.41) is 11.1. The zero-order valence-corrected chi connectivity index (χ0v) is 11.6. The molecule has 0 unspecified atom stereocenters. The Morgan fingerprint density at radius 2 is 1.90 bits per heavy atom. The third-order valence-corrected chi connectivity index (χ3v) is 3.13. The molecule has 0 atom stereocenters. The number of nitrogens with one attached hydrogen (secondary N) is 1. The minimum absolute atomic E-state index is 0.151. The number of anilines is 1. The molecule has 0 saturated heterocycles. The van der Waals surface area contributed by atoms with Crippen LogP contribution in [0.1, 0.15) is 10.5 Å². The van der Waals surface area contributed by atoms with Gasteiger partial charge in [0.2, 0.25) is 5.43 Å². The maximum absolute atomic E-state index is 12.4. The van der Waals surface area contributed by atoms with Crippen molar-refractivity contribution in [2.75, 3.05) is 5.32 Å². The molecule has 0 bridgehead atoms. The summed E-state index contributed by atoms with van der Waals surface area (Å²) >= 11 is 0. The molecule has 0 radical (unpaired) electrons. The van der Waals surface area contributed by atoms with Gasteiger partial charge >= 0.3 is 0 Å². The van der Waals surface area contributed by atoms with Gasteiger partial charge in [-0.1, -0.05) is 12.1 Å². The third-order valence-electron chi connectivity index (χ3n) is 3.13. The predicted molar refractivity (Wildman–Crippen MR) is 78.1 cm³/mol. The van der Waals surface area contributed by atoms with Gasteiger partial charge in [0, 0.05) is 31.7 Å². The van der Waals surface area contributed by atoms with Crippen LogP contribution < -0.4 is 10.7 Å². The summed E-state index contributed by atoms with van der Waals surface area (Å²) in [6.07, 6.45) is 1.70. The van der Waals surface area contributed by atoms with Gasteiger partial charge in [0.05, 0.1) is 5.52 Å². The second-order valence-corrected chi connectivity index (χ2v) is 4.65. The number of fused-ring (bicyclic) bond motifs is 1. The minimum atomic E-state index is -0.569. The second kappa shape index (κ2) is 4.86. The zero-order valence-electron chi connectivity index (χ0n) is 11.6. The van der Waals surface area contributed by atoms with Gasteiger partial charge in [0.15, 0.2) is 11.5 Å². The van der Waals surface area contributed by atoms with E-state index in [4.69, 9.17) is 0 Å². The van der Waals surface area contributed by atoms with Crippen molar-refractivity contribution in [3.63, 3.8) is 0 Å². The lowest BCUT2D eigenvalue weighted by Crippen LogP contribution is -2.26. The van der Waals surface area contributed by atoms with E-state index in [-0.39, 0.29) is 5.69 Å². The highest BCUT2D eigenvalue weighted by Crippen LogP contribution is 2.09. The maximum atomic E-state index is 12.4. The molecule has 1 N–H and O–H groups in total. The van der Waals surface area contributed by atoms with Gasteiger partial charge in [-0.05, 0) is 12.1 Å². The standard InChI is InChI=1S/C14H13N5O2/c1-18-8-7-11(16-18)15-14(21)12-13(20)9-5-3-4-6-10(9)19(2)17-12/h3-8H,1-2H3,(H,15,16,21). The van der Waals surface area contributed by atoms with Gasteiger partial charge in [-0.25, -0.2) is 0 Å². The molecule has 21 heavy (non-hydrogen) atoms. The topological polar surface area (TPSA) is 81.8 Å². The van der Waals surface area contributed by atoms with E-state index < -0.39 is 11.3 Å². The highest BCUT2D eigenvalue weighted by Gasteiger charge is 2.17. The number of carbonyl (C=O) groups excluding carboxylic acids is 1. The molecule has 0 aliphatic carbocycles. The van der Waals surface area contributed by atoms with Crippen molar-refractivity contribution in [1.29, 1.82) is 0 Å². The van der Waals surface area contributed by atoms with Crippen molar-refractivity contribution in [3.05, 3.63) is 52.4 Å². The molecule has 3 rings (SSSR count). The number of aryl methyl sites for hydroxylation is 2. The molecule has 1 amide bonds. The second-order valence-electron chi connectivity index (χ2n) is 4.65. The molecule has 1 aromatic carbocycles. The summed E-state index contributed by atoms with van der Waals surface area (Å²) in [6, 6.07) is 8.67. The lowest BCUT2D eigenvalue weighted by Gasteiger charge is -2.07. The number of nitrogens with zero attached hydrogens (tertiary/aromatic N) is 4. The van der Waals surface area contributed by atoms with Gasteiger partial charge in [-0.2, -0.15) is 10.2 Å². The number of para-hydroxylation sites is 1. The average molecular weight is 283 g/mol. The smallest absolute Gasteiger partial charge is 0.281 e. The van der Waals surface area contributed by atoms with Crippen molar-refractivity contribution in [2.24, 2.45) is 14.1 Å². The largest absolute Gasteiger partial charge is 0.304 e.